The average molecular weight is 921 g/mol. The summed E-state index contributed by atoms with van der Waals surface area (Å²) in [6.45, 7) is 14.8. The lowest BCUT2D eigenvalue weighted by atomic mass is 9.75. The Balaban J connectivity index is 0.860. The smallest absolute Gasteiger partial charge is 0.115 e. The van der Waals surface area contributed by atoms with E-state index in [0.717, 1.165) is 24.2 Å². The van der Waals surface area contributed by atoms with Crippen LogP contribution in [-0.4, -0.2) is 42.1 Å². The van der Waals surface area contributed by atoms with Crippen LogP contribution in [0.3, 0.4) is 0 Å². The van der Waals surface area contributed by atoms with Crippen molar-refractivity contribution in [3.8, 4) is 59.2 Å². The van der Waals surface area contributed by atoms with E-state index >= 15 is 0 Å². The maximum absolute atomic E-state index is 6.45. The molecule has 0 aliphatic heterocycles. The summed E-state index contributed by atoms with van der Waals surface area (Å²) < 4.78 is 12.9. The normalized spacial score (nSPS) is 19.4. The highest BCUT2D eigenvalue weighted by atomic mass is 16.5. The summed E-state index contributed by atoms with van der Waals surface area (Å²) in [4.78, 5) is 28.1. The molecule has 0 saturated heterocycles. The number of aromatic nitrogens is 6. The summed E-state index contributed by atoms with van der Waals surface area (Å²) >= 11 is 0. The molecule has 6 heterocycles. The second-order valence-corrected chi connectivity index (χ2v) is 19.3. The zero-order chi connectivity index (χ0) is 48.7. The molecule has 6 aromatic heterocycles. The standard InChI is InChI=1S/C62H60N6O2/c1-43(2)59-37-25-45(5)39-61(59)69-41-57-23-11-21-55(67-57)35-33-53-19-9-17-51(65-53)31-29-49-15-7-13-47(63-49)27-28-48-14-8-16-50(64-48)30-32-52-18-10-20-54(66-52)34-36-56-22-12-24-58(68-56)42-70-62-40-46(6)26-38-60(62)44(3)4/h7-24,43-46,59-62H,25-26,37-42H2,1-6H3/t45-,46-,59+,60+,61-,62-/m1/s1. The van der Waals surface area contributed by atoms with Gasteiger partial charge in [0, 0.05) is 0 Å². The van der Waals surface area contributed by atoms with Crippen molar-refractivity contribution in [2.24, 2.45) is 35.5 Å². The van der Waals surface area contributed by atoms with Crippen molar-refractivity contribution in [3.63, 3.8) is 0 Å². The zero-order valence-corrected chi connectivity index (χ0v) is 41.2. The lowest BCUT2D eigenvalue weighted by Crippen LogP contribution is -2.34. The number of nitrogens with zero attached hydrogens (tertiary/aromatic N) is 6. The molecular weight excluding hydrogens is 861 g/mol. The van der Waals surface area contributed by atoms with Gasteiger partial charge in [0.15, 0.2) is 0 Å². The zero-order valence-electron chi connectivity index (χ0n) is 41.2. The minimum absolute atomic E-state index is 0.265. The average Bonchev–Trinajstić information content (AvgIpc) is 3.37. The van der Waals surface area contributed by atoms with E-state index in [2.05, 4.69) is 121 Å². The van der Waals surface area contributed by atoms with Crippen molar-refractivity contribution in [3.05, 3.63) is 178 Å². The van der Waals surface area contributed by atoms with Crippen molar-refractivity contribution in [2.45, 2.75) is 105 Å². The molecule has 6 atom stereocenters. The Labute approximate surface area is 415 Å². The molecule has 8 heteroatoms. The lowest BCUT2D eigenvalue weighted by molar-refractivity contribution is -0.0484. The molecule has 8 rings (SSSR count). The Kier molecular flexibility index (Phi) is 17.0. The molecule has 2 saturated carbocycles. The van der Waals surface area contributed by atoms with Gasteiger partial charge < -0.3 is 9.47 Å². The third-order valence-electron chi connectivity index (χ3n) is 13.0. The molecule has 70 heavy (non-hydrogen) atoms. The van der Waals surface area contributed by atoms with Gasteiger partial charge in [-0.25, -0.2) is 29.9 Å². The van der Waals surface area contributed by atoms with E-state index in [4.69, 9.17) is 19.4 Å². The molecular formula is C62H60N6O2. The molecule has 0 bridgehead atoms. The van der Waals surface area contributed by atoms with Gasteiger partial charge in [0.05, 0.1) is 36.8 Å². The summed E-state index contributed by atoms with van der Waals surface area (Å²) in [6.07, 6.45) is 7.74. The SMILES string of the molecule is CC(C)[C@@H]1CC[C@@H](C)C[C@H]1OCc1cccc(C#Cc2cccc(C#Cc3cccc(C#Cc4cccc(C#Cc5cccc(C#Cc6cccc(CO[C@@H]7C[C@H](C)CC[C@H]7C(C)C)n6)n5)n4)n3)n2)n1. The highest BCUT2D eigenvalue weighted by Crippen LogP contribution is 2.37. The predicted molar refractivity (Wildman–Crippen MR) is 275 cm³/mol. The number of rotatable bonds is 8. The maximum Gasteiger partial charge on any atom is 0.115 e. The summed E-state index contributed by atoms with van der Waals surface area (Å²) in [5.74, 6) is 35.2. The predicted octanol–water partition coefficient (Wildman–Crippen LogP) is 11.0. The second-order valence-electron chi connectivity index (χ2n) is 19.3. The van der Waals surface area contributed by atoms with Gasteiger partial charge in [0.25, 0.3) is 0 Å². The maximum atomic E-state index is 6.45. The Morgan fingerprint density at radius 3 is 0.871 bits per heavy atom. The minimum Gasteiger partial charge on any atom is -0.372 e. The van der Waals surface area contributed by atoms with Crippen LogP contribution < -0.4 is 0 Å². The van der Waals surface area contributed by atoms with Gasteiger partial charge in [-0.1, -0.05) is 90.8 Å². The molecule has 0 spiro atoms. The van der Waals surface area contributed by atoms with Crippen LogP contribution in [0.5, 0.6) is 0 Å². The van der Waals surface area contributed by atoms with Crippen LogP contribution in [0.2, 0.25) is 0 Å². The fourth-order valence-corrected chi connectivity index (χ4v) is 9.19. The summed E-state index contributed by atoms with van der Waals surface area (Å²) in [5, 5.41) is 0. The van der Waals surface area contributed by atoms with Gasteiger partial charge in [-0.15, -0.1) is 0 Å². The number of hydrogen-bond donors (Lipinski definition) is 0. The molecule has 0 N–H and O–H groups in total. The van der Waals surface area contributed by atoms with Gasteiger partial charge in [0.1, 0.15) is 56.9 Å². The van der Waals surface area contributed by atoms with E-state index in [1.807, 2.05) is 109 Å². The summed E-state index contributed by atoms with van der Waals surface area (Å²) in [6, 6.07) is 34.1. The van der Waals surface area contributed by atoms with Gasteiger partial charge in [-0.05, 0) is 193 Å². The van der Waals surface area contributed by atoms with Gasteiger partial charge in [-0.3, -0.25) is 0 Å². The third-order valence-corrected chi connectivity index (χ3v) is 13.0. The third kappa shape index (κ3) is 14.6. The number of hydrogen-bond acceptors (Lipinski definition) is 8. The fourth-order valence-electron chi connectivity index (χ4n) is 9.19. The fraction of sp³-hybridized carbons (Fsp3) is 0.355. The van der Waals surface area contributed by atoms with E-state index in [0.29, 0.717) is 106 Å². The molecule has 0 radical (unpaired) electrons. The van der Waals surface area contributed by atoms with Crippen molar-refractivity contribution in [1.82, 2.24) is 29.9 Å². The van der Waals surface area contributed by atoms with E-state index in [-0.39, 0.29) is 12.2 Å². The van der Waals surface area contributed by atoms with E-state index < -0.39 is 0 Å². The largest absolute Gasteiger partial charge is 0.372 e. The minimum atomic E-state index is 0.265. The van der Waals surface area contributed by atoms with E-state index in [1.165, 1.54) is 25.7 Å². The highest BCUT2D eigenvalue weighted by Gasteiger charge is 2.32. The van der Waals surface area contributed by atoms with E-state index in [1.54, 1.807) is 0 Å². The topological polar surface area (TPSA) is 95.8 Å². The summed E-state index contributed by atoms with van der Waals surface area (Å²) in [7, 11) is 0. The highest BCUT2D eigenvalue weighted by molar-refractivity contribution is 5.45. The molecule has 6 aromatic rings. The molecule has 0 unspecified atom stereocenters. The first-order valence-electron chi connectivity index (χ1n) is 24.7. The van der Waals surface area contributed by atoms with Gasteiger partial charge in [-0.2, -0.15) is 0 Å². The van der Waals surface area contributed by atoms with E-state index in [9.17, 15) is 0 Å². The molecule has 2 fully saturated rings. The second kappa shape index (κ2) is 24.3. The number of ether oxygens (including phenoxy) is 2. The molecule has 8 nitrogen and oxygen atoms in total. The monoisotopic (exact) mass is 920 g/mol. The van der Waals surface area contributed by atoms with Crippen LogP contribution >= 0.6 is 0 Å². The van der Waals surface area contributed by atoms with Gasteiger partial charge >= 0.3 is 0 Å². The Morgan fingerprint density at radius 2 is 0.614 bits per heavy atom. The Morgan fingerprint density at radius 1 is 0.371 bits per heavy atom. The summed E-state index contributed by atoms with van der Waals surface area (Å²) in [5.41, 5.74) is 7.77. The first-order valence-corrected chi connectivity index (χ1v) is 24.7. The first kappa shape index (κ1) is 49.1. The molecule has 0 aromatic carbocycles. The van der Waals surface area contributed by atoms with Crippen LogP contribution in [0, 0.1) is 94.7 Å². The molecule has 2 aliphatic rings. The molecule has 0 amide bonds. The van der Waals surface area contributed by atoms with Crippen molar-refractivity contribution in [1.29, 1.82) is 0 Å². The van der Waals surface area contributed by atoms with Gasteiger partial charge in [0.2, 0.25) is 0 Å². The molecule has 2 aliphatic carbocycles. The van der Waals surface area contributed by atoms with Crippen LogP contribution in [0.4, 0.5) is 0 Å². The molecule has 350 valence electrons. The van der Waals surface area contributed by atoms with Crippen LogP contribution in [-0.2, 0) is 22.7 Å². The first-order chi connectivity index (χ1) is 34.1. The number of pyridine rings is 6. The van der Waals surface area contributed by atoms with Crippen molar-refractivity contribution >= 4 is 0 Å². The van der Waals surface area contributed by atoms with Crippen LogP contribution in [0.15, 0.2) is 109 Å². The quantitative estimate of drug-likeness (QED) is 0.139. The van der Waals surface area contributed by atoms with Crippen LogP contribution in [0.25, 0.3) is 0 Å². The van der Waals surface area contributed by atoms with Crippen molar-refractivity contribution in [2.75, 3.05) is 0 Å². The Bertz CT molecular complexity index is 2890. The Hall–Kier alpha value is -7.38. The lowest BCUT2D eigenvalue weighted by Gasteiger charge is -2.37. The van der Waals surface area contributed by atoms with Crippen molar-refractivity contribution < 1.29 is 9.47 Å². The van der Waals surface area contributed by atoms with Crippen LogP contribution in [0.1, 0.15) is 148 Å².